The molecule has 7 heteroatoms. The SMILES string of the molecule is Cc1cc(C)nc(-n2cc(C(=O)N[C@H]3CCCNC3)c(C(C)C)n2)n1. The van der Waals surface area contributed by atoms with Gasteiger partial charge in [0.15, 0.2) is 0 Å². The quantitative estimate of drug-likeness (QED) is 0.886. The molecule has 7 nitrogen and oxygen atoms in total. The molecule has 25 heavy (non-hydrogen) atoms. The summed E-state index contributed by atoms with van der Waals surface area (Å²) in [4.78, 5) is 21.7. The van der Waals surface area contributed by atoms with Crippen molar-refractivity contribution >= 4 is 5.91 Å². The normalized spacial score (nSPS) is 17.7. The van der Waals surface area contributed by atoms with Gasteiger partial charge in [-0.05, 0) is 45.2 Å². The maximum atomic E-state index is 12.8. The third-order valence-corrected chi connectivity index (χ3v) is 4.34. The van der Waals surface area contributed by atoms with Crippen molar-refractivity contribution < 1.29 is 4.79 Å². The number of nitrogens with one attached hydrogen (secondary N) is 2. The van der Waals surface area contributed by atoms with E-state index in [-0.39, 0.29) is 17.9 Å². The van der Waals surface area contributed by atoms with Crippen molar-refractivity contribution in [2.75, 3.05) is 13.1 Å². The molecule has 3 rings (SSSR count). The third kappa shape index (κ3) is 4.04. The predicted octanol–water partition coefficient (Wildman–Crippen LogP) is 1.88. The van der Waals surface area contributed by atoms with Gasteiger partial charge in [0.25, 0.3) is 11.9 Å². The highest BCUT2D eigenvalue weighted by molar-refractivity contribution is 5.95. The van der Waals surface area contributed by atoms with Gasteiger partial charge in [0.2, 0.25) is 0 Å². The number of amides is 1. The van der Waals surface area contributed by atoms with Gasteiger partial charge in [-0.2, -0.15) is 5.10 Å². The molecule has 2 aromatic heterocycles. The molecule has 1 aliphatic heterocycles. The predicted molar refractivity (Wildman–Crippen MR) is 96.1 cm³/mol. The molecule has 0 aromatic carbocycles. The molecule has 0 spiro atoms. The number of piperidine rings is 1. The van der Waals surface area contributed by atoms with E-state index in [1.165, 1.54) is 0 Å². The summed E-state index contributed by atoms with van der Waals surface area (Å²) in [6.07, 6.45) is 3.83. The highest BCUT2D eigenvalue weighted by Crippen LogP contribution is 2.20. The van der Waals surface area contributed by atoms with Gasteiger partial charge in [-0.3, -0.25) is 4.79 Å². The molecule has 0 aliphatic carbocycles. The fourth-order valence-corrected chi connectivity index (χ4v) is 3.14. The lowest BCUT2D eigenvalue weighted by atomic mass is 10.0. The van der Waals surface area contributed by atoms with Crippen LogP contribution in [0.15, 0.2) is 12.3 Å². The Balaban J connectivity index is 1.90. The third-order valence-electron chi connectivity index (χ3n) is 4.34. The lowest BCUT2D eigenvalue weighted by Gasteiger charge is -2.23. The first kappa shape index (κ1) is 17.5. The summed E-state index contributed by atoms with van der Waals surface area (Å²) in [5.41, 5.74) is 3.12. The first-order chi connectivity index (χ1) is 11.9. The van der Waals surface area contributed by atoms with Crippen LogP contribution in [-0.4, -0.2) is 44.8 Å². The second-order valence-electron chi connectivity index (χ2n) is 6.99. The van der Waals surface area contributed by atoms with Gasteiger partial charge in [-0.25, -0.2) is 14.6 Å². The number of hydrogen-bond acceptors (Lipinski definition) is 5. The van der Waals surface area contributed by atoms with Gasteiger partial charge in [0.05, 0.1) is 11.3 Å². The summed E-state index contributed by atoms with van der Waals surface area (Å²) in [7, 11) is 0. The molecule has 3 heterocycles. The van der Waals surface area contributed by atoms with Crippen LogP contribution in [0.4, 0.5) is 0 Å². The summed E-state index contributed by atoms with van der Waals surface area (Å²) in [5, 5.41) is 11.0. The molecule has 0 saturated carbocycles. The molecule has 1 atom stereocenters. The number of rotatable bonds is 4. The van der Waals surface area contributed by atoms with Crippen LogP contribution in [0.3, 0.4) is 0 Å². The van der Waals surface area contributed by atoms with Crippen LogP contribution < -0.4 is 10.6 Å². The monoisotopic (exact) mass is 342 g/mol. The fourth-order valence-electron chi connectivity index (χ4n) is 3.14. The summed E-state index contributed by atoms with van der Waals surface area (Å²) >= 11 is 0. The van der Waals surface area contributed by atoms with Crippen molar-refractivity contribution in [3.63, 3.8) is 0 Å². The van der Waals surface area contributed by atoms with Crippen molar-refractivity contribution in [1.29, 1.82) is 0 Å². The van der Waals surface area contributed by atoms with E-state index < -0.39 is 0 Å². The number of aryl methyl sites for hydroxylation is 2. The number of hydrogen-bond donors (Lipinski definition) is 2. The number of carbonyl (C=O) groups is 1. The fraction of sp³-hybridized carbons (Fsp3) is 0.556. The Morgan fingerprint density at radius 3 is 2.64 bits per heavy atom. The van der Waals surface area contributed by atoms with Crippen molar-refractivity contribution in [2.24, 2.45) is 0 Å². The van der Waals surface area contributed by atoms with Crippen molar-refractivity contribution in [3.8, 4) is 5.95 Å². The summed E-state index contributed by atoms with van der Waals surface area (Å²) in [6.45, 7) is 9.76. The van der Waals surface area contributed by atoms with Gasteiger partial charge in [0.1, 0.15) is 0 Å². The molecule has 134 valence electrons. The van der Waals surface area contributed by atoms with Crippen LogP contribution in [-0.2, 0) is 0 Å². The Morgan fingerprint density at radius 1 is 1.32 bits per heavy atom. The Kier molecular flexibility index (Phi) is 5.13. The van der Waals surface area contributed by atoms with E-state index >= 15 is 0 Å². The molecule has 1 fully saturated rings. The largest absolute Gasteiger partial charge is 0.348 e. The number of aromatic nitrogens is 4. The van der Waals surface area contributed by atoms with Crippen LogP contribution in [0, 0.1) is 13.8 Å². The number of nitrogens with zero attached hydrogens (tertiary/aromatic N) is 4. The zero-order valence-corrected chi connectivity index (χ0v) is 15.3. The van der Waals surface area contributed by atoms with Crippen LogP contribution in [0.1, 0.15) is 60.0 Å². The first-order valence-electron chi connectivity index (χ1n) is 8.88. The summed E-state index contributed by atoms with van der Waals surface area (Å²) in [6, 6.07) is 2.09. The second-order valence-corrected chi connectivity index (χ2v) is 6.99. The maximum Gasteiger partial charge on any atom is 0.255 e. The van der Waals surface area contributed by atoms with E-state index in [0.717, 1.165) is 43.0 Å². The highest BCUT2D eigenvalue weighted by atomic mass is 16.1. The topological polar surface area (TPSA) is 84.7 Å². The minimum absolute atomic E-state index is 0.0759. The van der Waals surface area contributed by atoms with E-state index in [9.17, 15) is 4.79 Å². The molecule has 2 N–H and O–H groups in total. The zero-order chi connectivity index (χ0) is 18.0. The van der Waals surface area contributed by atoms with E-state index in [1.54, 1.807) is 10.9 Å². The minimum atomic E-state index is -0.0759. The van der Waals surface area contributed by atoms with E-state index in [2.05, 4.69) is 25.7 Å². The van der Waals surface area contributed by atoms with Crippen LogP contribution in [0.25, 0.3) is 5.95 Å². The van der Waals surface area contributed by atoms with Crippen molar-refractivity contribution in [1.82, 2.24) is 30.4 Å². The van der Waals surface area contributed by atoms with Gasteiger partial charge in [-0.1, -0.05) is 13.8 Å². The number of carbonyl (C=O) groups excluding carboxylic acids is 1. The van der Waals surface area contributed by atoms with E-state index in [1.807, 2.05) is 33.8 Å². The second kappa shape index (κ2) is 7.31. The minimum Gasteiger partial charge on any atom is -0.348 e. The maximum absolute atomic E-state index is 12.8. The van der Waals surface area contributed by atoms with Crippen LogP contribution in [0.2, 0.25) is 0 Å². The average Bonchev–Trinajstić information content (AvgIpc) is 3.00. The van der Waals surface area contributed by atoms with E-state index in [4.69, 9.17) is 0 Å². The molecule has 0 radical (unpaired) electrons. The van der Waals surface area contributed by atoms with Crippen molar-refractivity contribution in [2.45, 2.75) is 52.5 Å². The molecule has 1 aliphatic rings. The van der Waals surface area contributed by atoms with E-state index in [0.29, 0.717) is 11.5 Å². The van der Waals surface area contributed by atoms with Gasteiger partial charge in [-0.15, -0.1) is 0 Å². The zero-order valence-electron chi connectivity index (χ0n) is 15.3. The molecule has 1 saturated heterocycles. The molecule has 0 bridgehead atoms. The molecule has 0 unspecified atom stereocenters. The standard InChI is InChI=1S/C18H26N6O/c1-11(2)16-15(17(25)22-14-6-5-7-19-9-14)10-24(23-16)18-20-12(3)8-13(4)21-18/h8,10-11,14,19H,5-7,9H2,1-4H3,(H,22,25)/t14-/m0/s1. The van der Waals surface area contributed by atoms with Gasteiger partial charge >= 0.3 is 0 Å². The lowest BCUT2D eigenvalue weighted by molar-refractivity contribution is 0.0929. The Labute approximate surface area is 148 Å². The molecular formula is C18H26N6O. The molecule has 2 aromatic rings. The van der Waals surface area contributed by atoms with Gasteiger partial charge < -0.3 is 10.6 Å². The van der Waals surface area contributed by atoms with Crippen molar-refractivity contribution in [3.05, 3.63) is 34.9 Å². The average molecular weight is 342 g/mol. The lowest BCUT2D eigenvalue weighted by Crippen LogP contribution is -2.45. The Morgan fingerprint density at radius 2 is 2.04 bits per heavy atom. The van der Waals surface area contributed by atoms with Crippen LogP contribution in [0.5, 0.6) is 0 Å². The highest BCUT2D eigenvalue weighted by Gasteiger charge is 2.23. The smallest absolute Gasteiger partial charge is 0.255 e. The summed E-state index contributed by atoms with van der Waals surface area (Å²) < 4.78 is 1.61. The first-order valence-corrected chi connectivity index (χ1v) is 8.88. The summed E-state index contributed by atoms with van der Waals surface area (Å²) in [5.74, 6) is 0.559. The van der Waals surface area contributed by atoms with Gasteiger partial charge in [0, 0.05) is 30.2 Å². The Hall–Kier alpha value is -2.28. The molecule has 1 amide bonds. The van der Waals surface area contributed by atoms with Crippen LogP contribution >= 0.6 is 0 Å². The Bertz CT molecular complexity index is 741. The molecular weight excluding hydrogens is 316 g/mol.